The van der Waals surface area contributed by atoms with Crippen LogP contribution in [0.2, 0.25) is 0 Å². The van der Waals surface area contributed by atoms with Gasteiger partial charge in [0.25, 0.3) is 0 Å². The summed E-state index contributed by atoms with van der Waals surface area (Å²) in [6, 6.07) is 7.66. The fourth-order valence-electron chi connectivity index (χ4n) is 1.75. The van der Waals surface area contributed by atoms with Gasteiger partial charge in [0.1, 0.15) is 5.75 Å². The van der Waals surface area contributed by atoms with Crippen LogP contribution in [0.5, 0.6) is 5.75 Å². The summed E-state index contributed by atoms with van der Waals surface area (Å²) in [5.74, 6) is -0.274. The van der Waals surface area contributed by atoms with Gasteiger partial charge in [-0.3, -0.25) is 0 Å². The highest BCUT2D eigenvalue weighted by Crippen LogP contribution is 2.26. The van der Waals surface area contributed by atoms with Crippen LogP contribution in [0.1, 0.15) is 38.3 Å². The van der Waals surface area contributed by atoms with Gasteiger partial charge in [-0.05, 0) is 26.5 Å². The number of aliphatic carboxylic acids is 1. The number of hydrogen-bond donors (Lipinski definition) is 2. The van der Waals surface area contributed by atoms with Crippen molar-refractivity contribution in [2.45, 2.75) is 38.8 Å². The molecule has 0 saturated heterocycles. The Morgan fingerprint density at radius 3 is 2.67 bits per heavy atom. The average molecular weight is 251 g/mol. The van der Waals surface area contributed by atoms with Crippen molar-refractivity contribution >= 4 is 5.97 Å². The number of para-hydroxylation sites is 1. The normalized spacial score (nSPS) is 13.9. The minimum absolute atomic E-state index is 0.122. The van der Waals surface area contributed by atoms with Crippen molar-refractivity contribution in [3.63, 3.8) is 0 Å². The summed E-state index contributed by atoms with van der Waals surface area (Å²) >= 11 is 0. The van der Waals surface area contributed by atoms with Crippen molar-refractivity contribution in [3.05, 3.63) is 29.8 Å². The van der Waals surface area contributed by atoms with E-state index >= 15 is 0 Å². The van der Waals surface area contributed by atoms with Crippen molar-refractivity contribution in [3.8, 4) is 5.75 Å². The molecule has 1 aromatic carbocycles. The fraction of sp³-hybridized carbons (Fsp3) is 0.500. The molecular weight excluding hydrogens is 230 g/mol. The van der Waals surface area contributed by atoms with Crippen LogP contribution in [-0.2, 0) is 4.79 Å². The topological polar surface area (TPSA) is 58.6 Å². The van der Waals surface area contributed by atoms with E-state index in [9.17, 15) is 4.79 Å². The molecule has 1 aromatic rings. The number of ether oxygens (including phenoxy) is 1. The Morgan fingerprint density at radius 1 is 1.44 bits per heavy atom. The van der Waals surface area contributed by atoms with Crippen LogP contribution >= 0.6 is 0 Å². The molecule has 0 radical (unpaired) electrons. The monoisotopic (exact) mass is 251 g/mol. The molecule has 0 spiro atoms. The minimum atomic E-state index is -0.913. The van der Waals surface area contributed by atoms with Gasteiger partial charge in [0.05, 0.1) is 0 Å². The van der Waals surface area contributed by atoms with E-state index in [0.29, 0.717) is 12.2 Å². The van der Waals surface area contributed by atoms with E-state index in [1.807, 2.05) is 45.2 Å². The van der Waals surface area contributed by atoms with Crippen LogP contribution in [0.4, 0.5) is 0 Å². The number of rotatable bonds is 7. The molecule has 100 valence electrons. The molecular formula is C14H21NO3. The van der Waals surface area contributed by atoms with E-state index in [4.69, 9.17) is 9.84 Å². The zero-order valence-corrected chi connectivity index (χ0v) is 11.1. The van der Waals surface area contributed by atoms with E-state index in [1.165, 1.54) is 0 Å². The Kier molecular flexibility index (Phi) is 5.65. The van der Waals surface area contributed by atoms with Gasteiger partial charge in [-0.25, -0.2) is 4.79 Å². The Hall–Kier alpha value is -1.55. The highest BCUT2D eigenvalue weighted by atomic mass is 16.5. The fourth-order valence-corrected chi connectivity index (χ4v) is 1.75. The highest BCUT2D eigenvalue weighted by Gasteiger charge is 2.20. The van der Waals surface area contributed by atoms with E-state index in [0.717, 1.165) is 12.0 Å². The van der Waals surface area contributed by atoms with Crippen molar-refractivity contribution in [1.29, 1.82) is 0 Å². The van der Waals surface area contributed by atoms with Crippen molar-refractivity contribution < 1.29 is 14.6 Å². The molecule has 0 amide bonds. The number of benzene rings is 1. The molecule has 2 unspecified atom stereocenters. The first-order valence-electron chi connectivity index (χ1n) is 6.25. The average Bonchev–Trinajstić information content (AvgIpc) is 2.37. The summed E-state index contributed by atoms with van der Waals surface area (Å²) in [4.78, 5) is 11.1. The SMILES string of the molecule is CCCC(Oc1ccccc1C(C)NC)C(=O)O. The zero-order chi connectivity index (χ0) is 13.5. The quantitative estimate of drug-likeness (QED) is 0.782. The molecule has 0 heterocycles. The van der Waals surface area contributed by atoms with Crippen molar-refractivity contribution in [2.75, 3.05) is 7.05 Å². The Labute approximate surface area is 108 Å². The first-order chi connectivity index (χ1) is 8.60. The van der Waals surface area contributed by atoms with E-state index in [-0.39, 0.29) is 6.04 Å². The summed E-state index contributed by atoms with van der Waals surface area (Å²) in [6.07, 6.45) is 0.512. The molecule has 4 heteroatoms. The number of carboxylic acid groups (broad SMARTS) is 1. The summed E-state index contributed by atoms with van der Waals surface area (Å²) in [5.41, 5.74) is 0.974. The predicted molar refractivity (Wildman–Crippen MR) is 70.9 cm³/mol. The van der Waals surface area contributed by atoms with Crippen molar-refractivity contribution in [2.24, 2.45) is 0 Å². The lowest BCUT2D eigenvalue weighted by atomic mass is 10.1. The summed E-state index contributed by atoms with van der Waals surface area (Å²) in [6.45, 7) is 3.96. The molecule has 0 fully saturated rings. The maximum atomic E-state index is 11.1. The third kappa shape index (κ3) is 3.74. The van der Waals surface area contributed by atoms with E-state index in [1.54, 1.807) is 0 Å². The largest absolute Gasteiger partial charge is 0.479 e. The Balaban J connectivity index is 2.91. The molecule has 0 aliphatic rings. The zero-order valence-electron chi connectivity index (χ0n) is 11.1. The van der Waals surface area contributed by atoms with Crippen LogP contribution in [0.25, 0.3) is 0 Å². The second-order valence-electron chi connectivity index (χ2n) is 4.28. The minimum Gasteiger partial charge on any atom is -0.479 e. The van der Waals surface area contributed by atoms with Gasteiger partial charge in [-0.2, -0.15) is 0 Å². The standard InChI is InChI=1S/C14H21NO3/c1-4-7-13(14(16)17)18-12-9-6-5-8-11(12)10(2)15-3/h5-6,8-10,13,15H,4,7H2,1-3H3,(H,16,17). The Morgan fingerprint density at radius 2 is 2.11 bits per heavy atom. The van der Waals surface area contributed by atoms with Crippen LogP contribution < -0.4 is 10.1 Å². The molecule has 4 nitrogen and oxygen atoms in total. The van der Waals surface area contributed by atoms with Crippen LogP contribution in [0.3, 0.4) is 0 Å². The molecule has 2 N–H and O–H groups in total. The first kappa shape index (κ1) is 14.5. The van der Waals surface area contributed by atoms with Gasteiger partial charge in [-0.15, -0.1) is 0 Å². The summed E-state index contributed by atoms with van der Waals surface area (Å²) < 4.78 is 5.63. The van der Waals surface area contributed by atoms with Gasteiger partial charge in [-0.1, -0.05) is 31.5 Å². The smallest absolute Gasteiger partial charge is 0.344 e. The lowest BCUT2D eigenvalue weighted by Gasteiger charge is -2.20. The van der Waals surface area contributed by atoms with Gasteiger partial charge >= 0.3 is 5.97 Å². The van der Waals surface area contributed by atoms with E-state index in [2.05, 4.69) is 5.32 Å². The first-order valence-corrected chi connectivity index (χ1v) is 6.25. The molecule has 0 aromatic heterocycles. The van der Waals surface area contributed by atoms with Gasteiger partial charge in [0, 0.05) is 11.6 Å². The van der Waals surface area contributed by atoms with Crippen LogP contribution in [0.15, 0.2) is 24.3 Å². The lowest BCUT2D eigenvalue weighted by molar-refractivity contribution is -0.145. The highest BCUT2D eigenvalue weighted by molar-refractivity contribution is 5.72. The Bertz CT molecular complexity index is 392. The molecule has 0 aliphatic heterocycles. The predicted octanol–water partition coefficient (Wildman–Crippen LogP) is 2.60. The van der Waals surface area contributed by atoms with Crippen molar-refractivity contribution in [1.82, 2.24) is 5.32 Å². The number of carbonyl (C=O) groups is 1. The second kappa shape index (κ2) is 7.01. The van der Waals surface area contributed by atoms with Crippen LogP contribution in [-0.4, -0.2) is 24.2 Å². The van der Waals surface area contributed by atoms with E-state index < -0.39 is 12.1 Å². The number of carboxylic acids is 1. The molecule has 18 heavy (non-hydrogen) atoms. The molecule has 0 aliphatic carbocycles. The number of hydrogen-bond acceptors (Lipinski definition) is 3. The molecule has 0 saturated carbocycles. The second-order valence-corrected chi connectivity index (χ2v) is 4.28. The molecule has 1 rings (SSSR count). The molecule has 0 bridgehead atoms. The number of nitrogens with one attached hydrogen (secondary N) is 1. The third-order valence-electron chi connectivity index (χ3n) is 2.91. The maximum absolute atomic E-state index is 11.1. The summed E-state index contributed by atoms with van der Waals surface area (Å²) in [7, 11) is 1.86. The van der Waals surface area contributed by atoms with Crippen LogP contribution in [0, 0.1) is 0 Å². The third-order valence-corrected chi connectivity index (χ3v) is 2.91. The maximum Gasteiger partial charge on any atom is 0.344 e. The van der Waals surface area contributed by atoms with Gasteiger partial charge in [0.2, 0.25) is 0 Å². The summed E-state index contributed by atoms with van der Waals surface area (Å²) in [5, 5.41) is 12.2. The molecule has 2 atom stereocenters. The van der Waals surface area contributed by atoms with Gasteiger partial charge in [0.15, 0.2) is 6.10 Å². The lowest BCUT2D eigenvalue weighted by Crippen LogP contribution is -2.27. The van der Waals surface area contributed by atoms with Gasteiger partial charge < -0.3 is 15.2 Å².